The predicted molar refractivity (Wildman–Crippen MR) is 84.4 cm³/mol. The van der Waals surface area contributed by atoms with Crippen molar-refractivity contribution in [3.63, 3.8) is 0 Å². The van der Waals surface area contributed by atoms with Crippen molar-refractivity contribution in [1.82, 2.24) is 15.0 Å². The van der Waals surface area contributed by atoms with Gasteiger partial charge in [0, 0.05) is 12.2 Å². The summed E-state index contributed by atoms with van der Waals surface area (Å²) in [4.78, 5) is 12.8. The van der Waals surface area contributed by atoms with Crippen LogP contribution in [0, 0.1) is 13.8 Å². The van der Waals surface area contributed by atoms with E-state index in [0.717, 1.165) is 12.2 Å². The molecule has 112 valence electrons. The van der Waals surface area contributed by atoms with Gasteiger partial charge in [0.2, 0.25) is 11.9 Å². The number of nitrogens with zero attached hydrogens (tertiary/aromatic N) is 3. The van der Waals surface area contributed by atoms with Gasteiger partial charge in [0.1, 0.15) is 0 Å². The molecule has 1 heterocycles. The lowest BCUT2D eigenvalue weighted by Gasteiger charge is -2.12. The summed E-state index contributed by atoms with van der Waals surface area (Å²) in [6.07, 6.45) is 0. The fraction of sp³-hybridized carbons (Fsp3) is 0.400. The molecule has 0 aliphatic rings. The molecule has 6 nitrogen and oxygen atoms in total. The summed E-state index contributed by atoms with van der Waals surface area (Å²) in [6.45, 7) is 9.27. The monoisotopic (exact) mass is 287 g/mol. The van der Waals surface area contributed by atoms with Gasteiger partial charge in [0.15, 0.2) is 0 Å². The summed E-state index contributed by atoms with van der Waals surface area (Å²) >= 11 is 0. The van der Waals surface area contributed by atoms with Gasteiger partial charge in [0.25, 0.3) is 0 Å². The first-order chi connectivity index (χ1) is 10.1. The van der Waals surface area contributed by atoms with Crippen LogP contribution in [0.4, 0.5) is 17.6 Å². The number of anilines is 3. The molecule has 2 rings (SSSR count). The Kier molecular flexibility index (Phi) is 4.92. The van der Waals surface area contributed by atoms with Gasteiger partial charge >= 0.3 is 6.01 Å². The molecule has 0 bridgehead atoms. The summed E-state index contributed by atoms with van der Waals surface area (Å²) < 4.78 is 5.38. The number of aryl methyl sites for hydroxylation is 1. The first-order valence-corrected chi connectivity index (χ1v) is 7.10. The van der Waals surface area contributed by atoms with Crippen LogP contribution in [0.1, 0.15) is 25.0 Å². The Hall–Kier alpha value is -2.37. The van der Waals surface area contributed by atoms with E-state index in [2.05, 4.69) is 45.5 Å². The molecule has 1 aromatic carbocycles. The highest BCUT2D eigenvalue weighted by molar-refractivity contribution is 5.60. The van der Waals surface area contributed by atoms with Gasteiger partial charge in [-0.15, -0.1) is 0 Å². The molecular weight excluding hydrogens is 266 g/mol. The van der Waals surface area contributed by atoms with Crippen LogP contribution in [0.3, 0.4) is 0 Å². The lowest BCUT2D eigenvalue weighted by atomic mass is 10.1. The summed E-state index contributed by atoms with van der Waals surface area (Å²) in [5.41, 5.74) is 3.36. The van der Waals surface area contributed by atoms with Gasteiger partial charge in [0.05, 0.1) is 6.61 Å². The van der Waals surface area contributed by atoms with E-state index in [4.69, 9.17) is 4.74 Å². The molecule has 0 amide bonds. The zero-order valence-corrected chi connectivity index (χ0v) is 12.9. The van der Waals surface area contributed by atoms with Crippen LogP contribution < -0.4 is 15.4 Å². The zero-order valence-electron chi connectivity index (χ0n) is 12.9. The number of rotatable bonds is 6. The van der Waals surface area contributed by atoms with Crippen LogP contribution >= 0.6 is 0 Å². The molecule has 2 aromatic rings. The van der Waals surface area contributed by atoms with Crippen molar-refractivity contribution in [1.29, 1.82) is 0 Å². The molecule has 0 saturated heterocycles. The van der Waals surface area contributed by atoms with Gasteiger partial charge in [-0.25, -0.2) is 0 Å². The average molecular weight is 287 g/mol. The van der Waals surface area contributed by atoms with Crippen LogP contribution in [0.25, 0.3) is 0 Å². The minimum atomic E-state index is 0.316. The van der Waals surface area contributed by atoms with Crippen molar-refractivity contribution in [2.24, 2.45) is 0 Å². The summed E-state index contributed by atoms with van der Waals surface area (Å²) in [7, 11) is 0. The molecule has 0 atom stereocenters. The van der Waals surface area contributed by atoms with Crippen molar-refractivity contribution in [3.05, 3.63) is 29.3 Å². The van der Waals surface area contributed by atoms with Gasteiger partial charge in [-0.05, 0) is 44.9 Å². The maximum Gasteiger partial charge on any atom is 0.323 e. The molecule has 2 N–H and O–H groups in total. The Morgan fingerprint density at radius 3 is 2.52 bits per heavy atom. The van der Waals surface area contributed by atoms with Gasteiger partial charge in [-0.2, -0.15) is 15.0 Å². The maximum atomic E-state index is 5.38. The zero-order chi connectivity index (χ0) is 15.2. The number of hydrogen-bond donors (Lipinski definition) is 2. The largest absolute Gasteiger partial charge is 0.464 e. The van der Waals surface area contributed by atoms with Gasteiger partial charge in [-0.3, -0.25) is 0 Å². The lowest BCUT2D eigenvalue weighted by molar-refractivity contribution is 0.312. The molecule has 0 fully saturated rings. The summed E-state index contributed by atoms with van der Waals surface area (Å²) in [5, 5.41) is 6.30. The average Bonchev–Trinajstić information content (AvgIpc) is 2.44. The molecule has 0 unspecified atom stereocenters. The minimum Gasteiger partial charge on any atom is -0.464 e. The van der Waals surface area contributed by atoms with Crippen molar-refractivity contribution in [3.8, 4) is 6.01 Å². The maximum absolute atomic E-state index is 5.38. The number of hydrogen-bond acceptors (Lipinski definition) is 6. The van der Waals surface area contributed by atoms with E-state index in [0.29, 0.717) is 24.5 Å². The van der Waals surface area contributed by atoms with Crippen LogP contribution in [-0.4, -0.2) is 28.1 Å². The quantitative estimate of drug-likeness (QED) is 0.850. The molecular formula is C15H21N5O. The summed E-state index contributed by atoms with van der Waals surface area (Å²) in [5.74, 6) is 0.974. The fourth-order valence-electron chi connectivity index (χ4n) is 1.85. The smallest absolute Gasteiger partial charge is 0.323 e. The second-order valence-corrected chi connectivity index (χ2v) is 4.60. The number of ether oxygens (including phenoxy) is 1. The van der Waals surface area contributed by atoms with Crippen molar-refractivity contribution < 1.29 is 4.74 Å². The Morgan fingerprint density at radius 1 is 1.05 bits per heavy atom. The molecule has 0 saturated carbocycles. The predicted octanol–water partition coefficient (Wildman–Crippen LogP) is 3.06. The van der Waals surface area contributed by atoms with E-state index in [9.17, 15) is 0 Å². The van der Waals surface area contributed by atoms with E-state index in [1.807, 2.05) is 26.0 Å². The van der Waals surface area contributed by atoms with E-state index in [1.165, 1.54) is 11.1 Å². The van der Waals surface area contributed by atoms with E-state index in [1.54, 1.807) is 0 Å². The lowest BCUT2D eigenvalue weighted by Crippen LogP contribution is -2.09. The topological polar surface area (TPSA) is 72.0 Å². The van der Waals surface area contributed by atoms with E-state index < -0.39 is 0 Å². The van der Waals surface area contributed by atoms with E-state index in [-0.39, 0.29) is 0 Å². The van der Waals surface area contributed by atoms with Crippen molar-refractivity contribution >= 4 is 17.6 Å². The normalized spacial score (nSPS) is 10.3. The molecule has 1 aromatic heterocycles. The molecule has 6 heteroatoms. The Labute approximate surface area is 125 Å². The third kappa shape index (κ3) is 3.81. The van der Waals surface area contributed by atoms with Gasteiger partial charge in [-0.1, -0.05) is 12.1 Å². The Balaban J connectivity index is 2.31. The third-order valence-corrected chi connectivity index (χ3v) is 3.07. The fourth-order valence-corrected chi connectivity index (χ4v) is 1.85. The highest BCUT2D eigenvalue weighted by atomic mass is 16.5. The molecule has 0 aliphatic heterocycles. The highest BCUT2D eigenvalue weighted by Gasteiger charge is 2.08. The second kappa shape index (κ2) is 6.88. The van der Waals surface area contributed by atoms with Crippen molar-refractivity contribution in [2.75, 3.05) is 23.8 Å². The van der Waals surface area contributed by atoms with E-state index >= 15 is 0 Å². The first-order valence-electron chi connectivity index (χ1n) is 7.10. The number of aromatic nitrogens is 3. The first kappa shape index (κ1) is 15.0. The minimum absolute atomic E-state index is 0.316. The summed E-state index contributed by atoms with van der Waals surface area (Å²) in [6, 6.07) is 6.39. The molecule has 0 aliphatic carbocycles. The molecule has 0 radical (unpaired) electrons. The molecule has 21 heavy (non-hydrogen) atoms. The highest BCUT2D eigenvalue weighted by Crippen LogP contribution is 2.22. The van der Waals surface area contributed by atoms with Crippen LogP contribution in [0.2, 0.25) is 0 Å². The van der Waals surface area contributed by atoms with Crippen LogP contribution in [-0.2, 0) is 0 Å². The van der Waals surface area contributed by atoms with Crippen LogP contribution in [0.5, 0.6) is 6.01 Å². The standard InChI is InChI=1S/C15H21N5O/c1-5-16-13-18-14(20-15(19-13)21-6-2)17-12-9-7-8-10(3)11(12)4/h7-9H,5-6H2,1-4H3,(H2,16,17,18,19,20). The Morgan fingerprint density at radius 2 is 1.81 bits per heavy atom. The SMILES string of the molecule is CCNc1nc(Nc2cccc(C)c2C)nc(OCC)n1. The van der Waals surface area contributed by atoms with Gasteiger partial charge < -0.3 is 15.4 Å². The van der Waals surface area contributed by atoms with Crippen molar-refractivity contribution in [2.45, 2.75) is 27.7 Å². The Bertz CT molecular complexity index is 591. The third-order valence-electron chi connectivity index (χ3n) is 3.07. The molecule has 0 spiro atoms. The van der Waals surface area contributed by atoms with Crippen LogP contribution in [0.15, 0.2) is 18.2 Å². The second-order valence-electron chi connectivity index (χ2n) is 4.60. The number of benzene rings is 1. The number of nitrogens with one attached hydrogen (secondary N) is 2.